The van der Waals surface area contributed by atoms with Crippen LogP contribution in [0, 0.1) is 0 Å². The van der Waals surface area contributed by atoms with Crippen molar-refractivity contribution < 1.29 is 23.9 Å². The van der Waals surface area contributed by atoms with Crippen molar-refractivity contribution in [2.24, 2.45) is 0 Å². The zero-order valence-electron chi connectivity index (χ0n) is 29.5. The summed E-state index contributed by atoms with van der Waals surface area (Å²) in [5.74, 6) is -0.128. The SMILES string of the molecule is CC(O)c1cncc(CN(C)C(=O)c2ccc(CCN(C[C@H](O[Si](C)(C)C(C)(C)C)c3ccc(Cl)nc3)C(=O)OC(C)(C)C)cc2)c1. The van der Waals surface area contributed by atoms with Crippen LogP contribution in [-0.4, -0.2) is 70.9 Å². The topological polar surface area (TPSA) is 105 Å². The van der Waals surface area contributed by atoms with E-state index in [1.165, 1.54) is 0 Å². The predicted molar refractivity (Wildman–Crippen MR) is 189 cm³/mol. The molecule has 2 amide bonds. The largest absolute Gasteiger partial charge is 0.444 e. The van der Waals surface area contributed by atoms with Crippen molar-refractivity contribution in [2.75, 3.05) is 20.1 Å². The molecular formula is C36H51ClN4O5Si. The van der Waals surface area contributed by atoms with Crippen LogP contribution in [-0.2, 0) is 22.1 Å². The Morgan fingerprint density at radius 1 is 0.957 bits per heavy atom. The average molecular weight is 683 g/mol. The lowest BCUT2D eigenvalue weighted by Crippen LogP contribution is -2.46. The predicted octanol–water partition coefficient (Wildman–Crippen LogP) is 8.00. The van der Waals surface area contributed by atoms with Gasteiger partial charge >= 0.3 is 6.09 Å². The highest BCUT2D eigenvalue weighted by Crippen LogP contribution is 2.40. The molecule has 11 heteroatoms. The molecule has 0 aliphatic rings. The minimum Gasteiger partial charge on any atom is -0.444 e. The van der Waals surface area contributed by atoms with E-state index in [0.717, 1.165) is 16.7 Å². The summed E-state index contributed by atoms with van der Waals surface area (Å²) in [5.41, 5.74) is 3.24. The lowest BCUT2D eigenvalue weighted by Gasteiger charge is -2.40. The number of aliphatic hydroxyl groups excluding tert-OH is 1. The number of pyridine rings is 2. The molecule has 0 aliphatic carbocycles. The number of aromatic nitrogens is 2. The highest BCUT2D eigenvalue weighted by molar-refractivity contribution is 6.74. The molecule has 3 rings (SSSR count). The standard InChI is InChI=1S/C36H51ClN4O5Si/c1-25(42)30-19-27(20-38-21-30)23-40(8)33(43)28-13-11-26(12-14-28)17-18-41(34(44)45-35(2,3)4)24-31(29-15-16-32(37)39-22-29)46-47(9,10)36(5,6)7/h11-16,19-22,25,31,42H,17-18,23-24H2,1-10H3/t25?,31-/m0/s1. The van der Waals surface area contributed by atoms with Crippen LogP contribution in [0.4, 0.5) is 4.79 Å². The number of halogens is 1. The van der Waals surface area contributed by atoms with E-state index in [1.54, 1.807) is 60.6 Å². The summed E-state index contributed by atoms with van der Waals surface area (Å²) < 4.78 is 12.7. The van der Waals surface area contributed by atoms with Gasteiger partial charge in [-0.1, -0.05) is 50.6 Å². The maximum Gasteiger partial charge on any atom is 0.410 e. The number of carbonyl (C=O) groups is 2. The zero-order chi connectivity index (χ0) is 35.2. The van der Waals surface area contributed by atoms with E-state index in [-0.39, 0.29) is 17.5 Å². The van der Waals surface area contributed by atoms with Gasteiger partial charge in [0.25, 0.3) is 5.91 Å². The minimum absolute atomic E-state index is 0.0476. The maximum absolute atomic E-state index is 13.5. The second-order valence-electron chi connectivity index (χ2n) is 14.6. The maximum atomic E-state index is 13.5. The van der Waals surface area contributed by atoms with E-state index in [2.05, 4.69) is 43.8 Å². The molecule has 1 unspecified atom stereocenters. The van der Waals surface area contributed by atoms with Gasteiger partial charge in [0.15, 0.2) is 8.32 Å². The van der Waals surface area contributed by atoms with Crippen LogP contribution < -0.4 is 0 Å². The third kappa shape index (κ3) is 11.4. The number of carbonyl (C=O) groups excluding carboxylic acids is 2. The van der Waals surface area contributed by atoms with E-state index in [0.29, 0.717) is 35.8 Å². The van der Waals surface area contributed by atoms with Crippen molar-refractivity contribution in [1.29, 1.82) is 0 Å². The Labute approximate surface area is 286 Å². The van der Waals surface area contributed by atoms with E-state index < -0.39 is 32.2 Å². The van der Waals surface area contributed by atoms with Gasteiger partial charge in [0.1, 0.15) is 10.8 Å². The quantitative estimate of drug-likeness (QED) is 0.152. The molecule has 0 bridgehead atoms. The van der Waals surface area contributed by atoms with Crippen LogP contribution in [0.3, 0.4) is 0 Å². The Balaban J connectivity index is 1.78. The molecule has 256 valence electrons. The van der Waals surface area contributed by atoms with Gasteiger partial charge in [-0.15, -0.1) is 0 Å². The number of hydrogen-bond donors (Lipinski definition) is 1. The van der Waals surface area contributed by atoms with Crippen molar-refractivity contribution in [3.05, 3.63) is 94.0 Å². The number of hydrogen-bond acceptors (Lipinski definition) is 7. The number of nitrogens with zero attached hydrogens (tertiary/aromatic N) is 4. The van der Waals surface area contributed by atoms with Crippen LogP contribution in [0.15, 0.2) is 61.1 Å². The Morgan fingerprint density at radius 2 is 1.62 bits per heavy atom. The molecule has 9 nitrogen and oxygen atoms in total. The van der Waals surface area contributed by atoms with Gasteiger partial charge in [-0.3, -0.25) is 9.78 Å². The smallest absolute Gasteiger partial charge is 0.410 e. The number of amides is 2. The molecule has 1 N–H and O–H groups in total. The van der Waals surface area contributed by atoms with Crippen LogP contribution in [0.1, 0.15) is 93.3 Å². The van der Waals surface area contributed by atoms with Crippen LogP contribution in [0.2, 0.25) is 23.3 Å². The van der Waals surface area contributed by atoms with Crippen molar-refractivity contribution in [3.63, 3.8) is 0 Å². The first-order valence-corrected chi connectivity index (χ1v) is 19.3. The molecule has 1 aromatic carbocycles. The van der Waals surface area contributed by atoms with Crippen LogP contribution >= 0.6 is 11.6 Å². The monoisotopic (exact) mass is 682 g/mol. The summed E-state index contributed by atoms with van der Waals surface area (Å²) in [6.45, 7) is 19.2. The van der Waals surface area contributed by atoms with Gasteiger partial charge in [-0.25, -0.2) is 9.78 Å². The molecule has 0 saturated carbocycles. The van der Waals surface area contributed by atoms with Crippen LogP contribution in [0.25, 0.3) is 0 Å². The Hall–Kier alpha value is -3.31. The van der Waals surface area contributed by atoms with Gasteiger partial charge in [0.2, 0.25) is 0 Å². The molecule has 47 heavy (non-hydrogen) atoms. The Bertz CT molecular complexity index is 1480. The van der Waals surface area contributed by atoms with Crippen molar-refractivity contribution in [2.45, 2.75) is 97.4 Å². The highest BCUT2D eigenvalue weighted by atomic mass is 35.5. The first-order valence-electron chi connectivity index (χ1n) is 16.0. The molecule has 0 aliphatic heterocycles. The first-order chi connectivity index (χ1) is 21.8. The summed E-state index contributed by atoms with van der Waals surface area (Å²) in [6.07, 6.45) is 4.08. The molecule has 0 radical (unpaired) electrons. The minimum atomic E-state index is -2.25. The van der Waals surface area contributed by atoms with E-state index in [1.807, 2.05) is 45.0 Å². The lowest BCUT2D eigenvalue weighted by molar-refractivity contribution is 0.0158. The first kappa shape index (κ1) is 38.1. The number of benzene rings is 1. The normalized spacial score (nSPS) is 13.5. The number of ether oxygens (including phenoxy) is 1. The fraction of sp³-hybridized carbons (Fsp3) is 0.500. The molecule has 3 aromatic rings. The molecule has 2 heterocycles. The van der Waals surface area contributed by atoms with Gasteiger partial charge in [0.05, 0.1) is 18.8 Å². The van der Waals surface area contributed by atoms with Gasteiger partial charge in [0, 0.05) is 44.3 Å². The molecular weight excluding hydrogens is 632 g/mol. The fourth-order valence-corrected chi connectivity index (χ4v) is 5.96. The Morgan fingerprint density at radius 3 is 2.17 bits per heavy atom. The highest BCUT2D eigenvalue weighted by Gasteiger charge is 2.40. The zero-order valence-corrected chi connectivity index (χ0v) is 31.3. The third-order valence-corrected chi connectivity index (χ3v) is 13.0. The molecule has 0 spiro atoms. The summed E-state index contributed by atoms with van der Waals surface area (Å²) >= 11 is 6.11. The van der Waals surface area contributed by atoms with E-state index in [4.69, 9.17) is 20.8 Å². The van der Waals surface area contributed by atoms with Crippen molar-refractivity contribution >= 4 is 31.9 Å². The van der Waals surface area contributed by atoms with Gasteiger partial charge < -0.3 is 24.1 Å². The summed E-state index contributed by atoms with van der Waals surface area (Å²) in [6, 6.07) is 12.9. The summed E-state index contributed by atoms with van der Waals surface area (Å²) in [4.78, 5) is 38.5. The Kier molecular flexibility index (Phi) is 12.8. The molecule has 0 fully saturated rings. The number of aliphatic hydroxyl groups is 1. The number of rotatable bonds is 12. The summed E-state index contributed by atoms with van der Waals surface area (Å²) in [7, 11) is -0.511. The molecule has 0 saturated heterocycles. The second kappa shape index (κ2) is 15.7. The second-order valence-corrected chi connectivity index (χ2v) is 19.8. The fourth-order valence-electron chi connectivity index (χ4n) is 4.57. The van der Waals surface area contributed by atoms with Crippen molar-refractivity contribution in [3.8, 4) is 0 Å². The lowest BCUT2D eigenvalue weighted by atomic mass is 10.1. The van der Waals surface area contributed by atoms with Crippen LogP contribution in [0.5, 0.6) is 0 Å². The third-order valence-electron chi connectivity index (χ3n) is 8.34. The summed E-state index contributed by atoms with van der Waals surface area (Å²) in [5, 5.41) is 10.2. The van der Waals surface area contributed by atoms with Crippen molar-refractivity contribution in [1.82, 2.24) is 19.8 Å². The molecule has 2 aromatic heterocycles. The van der Waals surface area contributed by atoms with Gasteiger partial charge in [-0.2, -0.15) is 0 Å². The van der Waals surface area contributed by atoms with E-state index >= 15 is 0 Å². The van der Waals surface area contributed by atoms with E-state index in [9.17, 15) is 14.7 Å². The van der Waals surface area contributed by atoms with Gasteiger partial charge in [-0.05, 0) is 98.8 Å². The average Bonchev–Trinajstić information content (AvgIpc) is 2.97. The molecule has 2 atom stereocenters.